The third-order valence-electron chi connectivity index (χ3n) is 2.56. The van der Waals surface area contributed by atoms with Crippen LogP contribution in [0.2, 0.25) is 0 Å². The van der Waals surface area contributed by atoms with Crippen LogP contribution in [0.15, 0.2) is 30.3 Å². The van der Waals surface area contributed by atoms with E-state index < -0.39 is 0 Å². The molecule has 1 saturated heterocycles. The lowest BCUT2D eigenvalue weighted by Crippen LogP contribution is -2.41. The first-order valence-electron chi connectivity index (χ1n) is 5.26. The molecule has 2 rings (SSSR count). The van der Waals surface area contributed by atoms with Gasteiger partial charge in [-0.1, -0.05) is 30.3 Å². The predicted molar refractivity (Wildman–Crippen MR) is 64.8 cm³/mol. The van der Waals surface area contributed by atoms with E-state index in [0.717, 1.165) is 18.7 Å². The van der Waals surface area contributed by atoms with Crippen LogP contribution in [0.1, 0.15) is 5.56 Å². The van der Waals surface area contributed by atoms with Gasteiger partial charge in [0.2, 0.25) is 5.91 Å². The Labute approximate surface area is 102 Å². The van der Waals surface area contributed by atoms with Crippen molar-refractivity contribution >= 4 is 18.3 Å². The van der Waals surface area contributed by atoms with E-state index in [1.54, 1.807) is 0 Å². The summed E-state index contributed by atoms with van der Waals surface area (Å²) in [4.78, 5) is 13.7. The van der Waals surface area contributed by atoms with Crippen LogP contribution in [0, 0.1) is 0 Å². The quantitative estimate of drug-likeness (QED) is 0.786. The Morgan fingerprint density at radius 3 is 2.44 bits per heavy atom. The van der Waals surface area contributed by atoms with Crippen LogP contribution >= 0.6 is 12.4 Å². The molecule has 88 valence electrons. The van der Waals surface area contributed by atoms with E-state index in [-0.39, 0.29) is 18.3 Å². The topological polar surface area (TPSA) is 29.5 Å². The molecule has 0 N–H and O–H groups in total. The van der Waals surface area contributed by atoms with Crippen molar-refractivity contribution in [2.24, 2.45) is 0 Å². The third kappa shape index (κ3) is 3.51. The van der Waals surface area contributed by atoms with E-state index in [4.69, 9.17) is 4.74 Å². The van der Waals surface area contributed by atoms with Crippen LogP contribution in [0.5, 0.6) is 0 Å². The lowest BCUT2D eigenvalue weighted by atomic mass is 10.1. The Bertz CT molecular complexity index is 323. The molecule has 1 fully saturated rings. The number of rotatable bonds is 2. The number of benzene rings is 1. The van der Waals surface area contributed by atoms with E-state index in [1.807, 2.05) is 35.2 Å². The van der Waals surface area contributed by atoms with Crippen LogP contribution in [-0.4, -0.2) is 37.1 Å². The molecule has 16 heavy (non-hydrogen) atoms. The van der Waals surface area contributed by atoms with Crippen molar-refractivity contribution in [1.29, 1.82) is 0 Å². The van der Waals surface area contributed by atoms with Gasteiger partial charge in [-0.25, -0.2) is 0 Å². The molecule has 0 bridgehead atoms. The molecule has 0 radical (unpaired) electrons. The Morgan fingerprint density at radius 2 is 1.81 bits per heavy atom. The molecular formula is C12H16ClNO2. The van der Waals surface area contributed by atoms with Gasteiger partial charge in [0.15, 0.2) is 0 Å². The van der Waals surface area contributed by atoms with Crippen LogP contribution in [0.25, 0.3) is 0 Å². The molecule has 0 saturated carbocycles. The van der Waals surface area contributed by atoms with Gasteiger partial charge >= 0.3 is 0 Å². The molecule has 4 heteroatoms. The molecule has 0 spiro atoms. The molecule has 1 aromatic carbocycles. The SMILES string of the molecule is Cl.O=C(Cc1ccccc1)N1CCOCC1. The van der Waals surface area contributed by atoms with Crippen molar-refractivity contribution in [1.82, 2.24) is 4.90 Å². The molecule has 3 nitrogen and oxygen atoms in total. The summed E-state index contributed by atoms with van der Waals surface area (Å²) in [6.45, 7) is 2.79. The number of hydrogen-bond acceptors (Lipinski definition) is 2. The van der Waals surface area contributed by atoms with E-state index in [1.165, 1.54) is 0 Å². The minimum atomic E-state index is 0. The maximum absolute atomic E-state index is 11.8. The third-order valence-corrected chi connectivity index (χ3v) is 2.56. The summed E-state index contributed by atoms with van der Waals surface area (Å²) in [6.07, 6.45) is 0.501. The van der Waals surface area contributed by atoms with Crippen molar-refractivity contribution in [3.05, 3.63) is 35.9 Å². The van der Waals surface area contributed by atoms with E-state index in [2.05, 4.69) is 0 Å². The number of halogens is 1. The summed E-state index contributed by atoms with van der Waals surface area (Å²) in [5.41, 5.74) is 1.08. The first kappa shape index (κ1) is 13.0. The van der Waals surface area contributed by atoms with Gasteiger partial charge < -0.3 is 9.64 Å². The van der Waals surface area contributed by atoms with Gasteiger partial charge in [0.05, 0.1) is 19.6 Å². The molecule has 1 aromatic rings. The molecule has 0 aliphatic carbocycles. The second-order valence-electron chi connectivity index (χ2n) is 3.66. The lowest BCUT2D eigenvalue weighted by molar-refractivity contribution is -0.134. The Hall–Kier alpha value is -1.06. The van der Waals surface area contributed by atoms with Gasteiger partial charge in [0.25, 0.3) is 0 Å². The summed E-state index contributed by atoms with van der Waals surface area (Å²) in [6, 6.07) is 9.85. The zero-order valence-corrected chi connectivity index (χ0v) is 9.91. The number of carbonyl (C=O) groups is 1. The summed E-state index contributed by atoms with van der Waals surface area (Å²) >= 11 is 0. The highest BCUT2D eigenvalue weighted by molar-refractivity contribution is 5.85. The van der Waals surface area contributed by atoms with E-state index in [0.29, 0.717) is 19.6 Å². The molecule has 0 unspecified atom stereocenters. The fourth-order valence-electron chi connectivity index (χ4n) is 1.70. The van der Waals surface area contributed by atoms with Gasteiger partial charge in [-0.05, 0) is 5.56 Å². The highest BCUT2D eigenvalue weighted by Crippen LogP contribution is 2.04. The van der Waals surface area contributed by atoms with Crippen molar-refractivity contribution in [2.75, 3.05) is 26.3 Å². The second kappa shape index (κ2) is 6.51. The van der Waals surface area contributed by atoms with Crippen molar-refractivity contribution in [3.63, 3.8) is 0 Å². The van der Waals surface area contributed by atoms with Gasteiger partial charge in [-0.2, -0.15) is 0 Å². The minimum Gasteiger partial charge on any atom is -0.378 e. The minimum absolute atomic E-state index is 0. The Kier molecular flexibility index (Phi) is 5.29. The number of morpholine rings is 1. The van der Waals surface area contributed by atoms with E-state index in [9.17, 15) is 4.79 Å². The molecule has 1 aliphatic rings. The number of nitrogens with zero attached hydrogens (tertiary/aromatic N) is 1. The summed E-state index contributed by atoms with van der Waals surface area (Å²) in [5, 5.41) is 0. The normalized spacial score (nSPS) is 15.4. The number of carbonyl (C=O) groups excluding carboxylic acids is 1. The first-order chi connectivity index (χ1) is 7.36. The molecule has 0 atom stereocenters. The standard InChI is InChI=1S/C12H15NO2.ClH/c14-12(13-6-8-15-9-7-13)10-11-4-2-1-3-5-11;/h1-5H,6-10H2;1H. The number of ether oxygens (including phenoxy) is 1. The highest BCUT2D eigenvalue weighted by Gasteiger charge is 2.16. The average molecular weight is 242 g/mol. The maximum atomic E-state index is 11.8. The molecule has 0 aromatic heterocycles. The fraction of sp³-hybridized carbons (Fsp3) is 0.417. The zero-order valence-electron chi connectivity index (χ0n) is 9.09. The van der Waals surface area contributed by atoms with Gasteiger partial charge in [-0.3, -0.25) is 4.79 Å². The zero-order chi connectivity index (χ0) is 10.5. The highest BCUT2D eigenvalue weighted by atomic mass is 35.5. The lowest BCUT2D eigenvalue weighted by Gasteiger charge is -2.26. The monoisotopic (exact) mass is 241 g/mol. The number of hydrogen-bond donors (Lipinski definition) is 0. The van der Waals surface area contributed by atoms with Crippen LogP contribution in [0.3, 0.4) is 0 Å². The summed E-state index contributed by atoms with van der Waals surface area (Å²) < 4.78 is 5.21. The van der Waals surface area contributed by atoms with Crippen LogP contribution < -0.4 is 0 Å². The Morgan fingerprint density at radius 1 is 1.19 bits per heavy atom. The molecular weight excluding hydrogens is 226 g/mol. The molecule has 1 aliphatic heterocycles. The van der Waals surface area contributed by atoms with E-state index >= 15 is 0 Å². The van der Waals surface area contributed by atoms with Crippen LogP contribution in [-0.2, 0) is 16.0 Å². The molecule has 1 heterocycles. The fourth-order valence-corrected chi connectivity index (χ4v) is 1.70. The largest absolute Gasteiger partial charge is 0.378 e. The maximum Gasteiger partial charge on any atom is 0.227 e. The van der Waals surface area contributed by atoms with Gasteiger partial charge in [-0.15, -0.1) is 12.4 Å². The summed E-state index contributed by atoms with van der Waals surface area (Å²) in [7, 11) is 0. The predicted octanol–water partition coefficient (Wildman–Crippen LogP) is 1.51. The van der Waals surface area contributed by atoms with Crippen LogP contribution in [0.4, 0.5) is 0 Å². The van der Waals surface area contributed by atoms with Crippen molar-refractivity contribution in [3.8, 4) is 0 Å². The van der Waals surface area contributed by atoms with Gasteiger partial charge in [0, 0.05) is 13.1 Å². The van der Waals surface area contributed by atoms with Crippen molar-refractivity contribution < 1.29 is 9.53 Å². The number of amides is 1. The van der Waals surface area contributed by atoms with Gasteiger partial charge in [0.1, 0.15) is 0 Å². The average Bonchev–Trinajstić information content (AvgIpc) is 2.31. The smallest absolute Gasteiger partial charge is 0.227 e. The Balaban J connectivity index is 0.00000128. The summed E-state index contributed by atoms with van der Waals surface area (Å²) in [5.74, 6) is 0.199. The second-order valence-corrected chi connectivity index (χ2v) is 3.66. The molecule has 1 amide bonds. The first-order valence-corrected chi connectivity index (χ1v) is 5.26. The van der Waals surface area contributed by atoms with Crippen molar-refractivity contribution in [2.45, 2.75) is 6.42 Å².